The van der Waals surface area contributed by atoms with E-state index in [0.717, 1.165) is 0 Å². The topological polar surface area (TPSA) is 26.0 Å². The highest BCUT2D eigenvalue weighted by Crippen LogP contribution is 2.32. The van der Waals surface area contributed by atoms with Crippen molar-refractivity contribution >= 4 is 0 Å². The van der Waals surface area contributed by atoms with Gasteiger partial charge in [0.15, 0.2) is 0 Å². The van der Waals surface area contributed by atoms with Crippen molar-refractivity contribution in [2.45, 2.75) is 40.7 Å². The third-order valence-corrected chi connectivity index (χ3v) is 2.69. The maximum Gasteiger partial charge on any atom is 0.0346 e. The Labute approximate surface area is 87.3 Å². The van der Waals surface area contributed by atoms with Gasteiger partial charge in [0.2, 0.25) is 0 Å². The second kappa shape index (κ2) is 3.74. The van der Waals surface area contributed by atoms with Gasteiger partial charge in [0.05, 0.1) is 0 Å². The van der Waals surface area contributed by atoms with Crippen molar-refractivity contribution in [3.63, 3.8) is 0 Å². The van der Waals surface area contributed by atoms with Gasteiger partial charge in [-0.1, -0.05) is 44.5 Å². The van der Waals surface area contributed by atoms with Crippen LogP contribution in [0.2, 0.25) is 0 Å². The zero-order chi connectivity index (χ0) is 10.9. The van der Waals surface area contributed by atoms with E-state index < -0.39 is 0 Å². The fourth-order valence-corrected chi connectivity index (χ4v) is 1.64. The number of rotatable bonds is 1. The van der Waals surface area contributed by atoms with Crippen LogP contribution in [0, 0.1) is 19.3 Å². The molecule has 0 aliphatic heterocycles. The zero-order valence-electron chi connectivity index (χ0n) is 9.89. The van der Waals surface area contributed by atoms with Gasteiger partial charge >= 0.3 is 0 Å². The molecule has 1 nitrogen and oxygen atoms in total. The molecular formula is C13H21N. The van der Waals surface area contributed by atoms with E-state index in [4.69, 9.17) is 5.73 Å². The van der Waals surface area contributed by atoms with Gasteiger partial charge in [-0.25, -0.2) is 0 Å². The minimum atomic E-state index is 0.114. The molecule has 0 aliphatic carbocycles. The van der Waals surface area contributed by atoms with Gasteiger partial charge < -0.3 is 5.73 Å². The molecule has 14 heavy (non-hydrogen) atoms. The average molecular weight is 191 g/mol. The van der Waals surface area contributed by atoms with Gasteiger partial charge in [0.1, 0.15) is 0 Å². The van der Waals surface area contributed by atoms with Crippen LogP contribution in [-0.4, -0.2) is 0 Å². The van der Waals surface area contributed by atoms with Gasteiger partial charge in [0.25, 0.3) is 0 Å². The molecule has 0 saturated heterocycles. The van der Waals surface area contributed by atoms with Crippen molar-refractivity contribution in [2.75, 3.05) is 0 Å². The molecule has 1 rings (SSSR count). The third kappa shape index (κ3) is 2.36. The summed E-state index contributed by atoms with van der Waals surface area (Å²) in [6, 6.07) is 6.60. The molecule has 0 bridgehead atoms. The SMILES string of the molecule is Cc1ccc([C@@H](N)C(C)(C)C)c(C)c1. The lowest BCUT2D eigenvalue weighted by Gasteiger charge is -2.28. The van der Waals surface area contributed by atoms with Crippen LogP contribution < -0.4 is 5.73 Å². The van der Waals surface area contributed by atoms with Crippen molar-refractivity contribution in [1.82, 2.24) is 0 Å². The predicted molar refractivity (Wildman–Crippen MR) is 62.3 cm³/mol. The van der Waals surface area contributed by atoms with Crippen molar-refractivity contribution in [3.05, 3.63) is 34.9 Å². The Kier molecular flexibility index (Phi) is 3.01. The Bertz CT molecular complexity index is 320. The molecule has 0 unspecified atom stereocenters. The minimum Gasteiger partial charge on any atom is -0.324 e. The van der Waals surface area contributed by atoms with E-state index in [2.05, 4.69) is 52.8 Å². The number of benzene rings is 1. The van der Waals surface area contributed by atoms with Crippen LogP contribution in [0.15, 0.2) is 18.2 Å². The summed E-state index contributed by atoms with van der Waals surface area (Å²) in [7, 11) is 0. The molecule has 0 saturated carbocycles. The highest BCUT2D eigenvalue weighted by Gasteiger charge is 2.23. The van der Waals surface area contributed by atoms with E-state index in [0.29, 0.717) is 0 Å². The van der Waals surface area contributed by atoms with Gasteiger partial charge in [0, 0.05) is 6.04 Å². The predicted octanol–water partition coefficient (Wildman–Crippen LogP) is 3.35. The van der Waals surface area contributed by atoms with Crippen LogP contribution in [-0.2, 0) is 0 Å². The Morgan fingerprint density at radius 2 is 1.71 bits per heavy atom. The lowest BCUT2D eigenvalue weighted by Crippen LogP contribution is -2.26. The first-order chi connectivity index (χ1) is 6.32. The molecular weight excluding hydrogens is 170 g/mol. The Morgan fingerprint density at radius 3 is 2.14 bits per heavy atom. The van der Waals surface area contributed by atoms with Crippen LogP contribution >= 0.6 is 0 Å². The summed E-state index contributed by atoms with van der Waals surface area (Å²) in [6.45, 7) is 10.8. The summed E-state index contributed by atoms with van der Waals surface area (Å²) in [4.78, 5) is 0. The number of nitrogens with two attached hydrogens (primary N) is 1. The third-order valence-electron chi connectivity index (χ3n) is 2.69. The van der Waals surface area contributed by atoms with E-state index in [9.17, 15) is 0 Å². The van der Waals surface area contributed by atoms with E-state index in [1.54, 1.807) is 0 Å². The van der Waals surface area contributed by atoms with E-state index in [1.165, 1.54) is 16.7 Å². The Morgan fingerprint density at radius 1 is 1.14 bits per heavy atom. The highest BCUT2D eigenvalue weighted by atomic mass is 14.7. The fourth-order valence-electron chi connectivity index (χ4n) is 1.64. The Hall–Kier alpha value is -0.820. The molecule has 0 fully saturated rings. The largest absolute Gasteiger partial charge is 0.324 e. The lowest BCUT2D eigenvalue weighted by atomic mass is 9.81. The first kappa shape index (κ1) is 11.3. The van der Waals surface area contributed by atoms with Gasteiger partial charge in [-0.05, 0) is 30.4 Å². The van der Waals surface area contributed by atoms with Crippen molar-refractivity contribution in [2.24, 2.45) is 11.1 Å². The molecule has 0 spiro atoms. The van der Waals surface area contributed by atoms with Crippen molar-refractivity contribution in [3.8, 4) is 0 Å². The summed E-state index contributed by atoms with van der Waals surface area (Å²) in [5.74, 6) is 0. The van der Waals surface area contributed by atoms with Crippen LogP contribution in [0.25, 0.3) is 0 Å². The molecule has 1 aromatic rings. The number of hydrogen-bond acceptors (Lipinski definition) is 1. The molecule has 78 valence electrons. The molecule has 1 heteroatoms. The van der Waals surface area contributed by atoms with Crippen molar-refractivity contribution < 1.29 is 0 Å². The van der Waals surface area contributed by atoms with Crippen LogP contribution in [0.1, 0.15) is 43.5 Å². The van der Waals surface area contributed by atoms with Gasteiger partial charge in [-0.2, -0.15) is 0 Å². The normalized spacial score (nSPS) is 14.1. The fraction of sp³-hybridized carbons (Fsp3) is 0.538. The van der Waals surface area contributed by atoms with Gasteiger partial charge in [-0.15, -0.1) is 0 Å². The molecule has 2 N–H and O–H groups in total. The second-order valence-electron chi connectivity index (χ2n) is 5.20. The first-order valence-corrected chi connectivity index (χ1v) is 5.15. The molecule has 0 radical (unpaired) electrons. The Balaban J connectivity index is 3.08. The zero-order valence-corrected chi connectivity index (χ0v) is 9.89. The summed E-state index contributed by atoms with van der Waals surface area (Å²) >= 11 is 0. The number of aryl methyl sites for hydroxylation is 2. The lowest BCUT2D eigenvalue weighted by molar-refractivity contribution is 0.326. The molecule has 1 atom stereocenters. The highest BCUT2D eigenvalue weighted by molar-refractivity contribution is 5.33. The van der Waals surface area contributed by atoms with E-state index in [-0.39, 0.29) is 11.5 Å². The summed E-state index contributed by atoms with van der Waals surface area (Å²) in [5.41, 5.74) is 10.2. The summed E-state index contributed by atoms with van der Waals surface area (Å²) in [5, 5.41) is 0. The molecule has 1 aromatic carbocycles. The smallest absolute Gasteiger partial charge is 0.0346 e. The van der Waals surface area contributed by atoms with Crippen LogP contribution in [0.3, 0.4) is 0 Å². The molecule has 0 amide bonds. The number of hydrogen-bond donors (Lipinski definition) is 1. The average Bonchev–Trinajstić information content (AvgIpc) is 2.01. The minimum absolute atomic E-state index is 0.114. The van der Waals surface area contributed by atoms with E-state index >= 15 is 0 Å². The second-order valence-corrected chi connectivity index (χ2v) is 5.20. The maximum absolute atomic E-state index is 6.22. The molecule has 0 aliphatic rings. The van der Waals surface area contributed by atoms with Crippen LogP contribution in [0.4, 0.5) is 0 Å². The summed E-state index contributed by atoms with van der Waals surface area (Å²) in [6.07, 6.45) is 0. The maximum atomic E-state index is 6.22. The quantitative estimate of drug-likeness (QED) is 0.723. The van der Waals surface area contributed by atoms with Crippen molar-refractivity contribution in [1.29, 1.82) is 0 Å². The van der Waals surface area contributed by atoms with Gasteiger partial charge in [-0.3, -0.25) is 0 Å². The van der Waals surface area contributed by atoms with E-state index in [1.807, 2.05) is 0 Å². The summed E-state index contributed by atoms with van der Waals surface area (Å²) < 4.78 is 0. The first-order valence-electron chi connectivity index (χ1n) is 5.15. The molecule has 0 heterocycles. The standard InChI is InChI=1S/C13H21N/c1-9-6-7-11(10(2)8-9)12(14)13(3,4)5/h6-8,12H,14H2,1-5H3/t12-/m1/s1. The van der Waals surface area contributed by atoms with Crippen LogP contribution in [0.5, 0.6) is 0 Å². The monoisotopic (exact) mass is 191 g/mol. The molecule has 0 aromatic heterocycles.